The van der Waals surface area contributed by atoms with Crippen molar-refractivity contribution in [2.45, 2.75) is 25.8 Å². The van der Waals surface area contributed by atoms with Gasteiger partial charge in [-0.2, -0.15) is 0 Å². The molecular formula is C20H21NO4. The van der Waals surface area contributed by atoms with E-state index in [0.717, 1.165) is 23.3 Å². The van der Waals surface area contributed by atoms with Crippen molar-refractivity contribution in [2.24, 2.45) is 0 Å². The van der Waals surface area contributed by atoms with Gasteiger partial charge < -0.3 is 14.7 Å². The molecule has 1 N–H and O–H groups in total. The van der Waals surface area contributed by atoms with E-state index < -0.39 is 5.97 Å². The predicted molar refractivity (Wildman–Crippen MR) is 93.8 cm³/mol. The molecule has 0 aliphatic carbocycles. The van der Waals surface area contributed by atoms with Gasteiger partial charge in [-0.05, 0) is 42.2 Å². The Balaban J connectivity index is 1.59. The first-order chi connectivity index (χ1) is 12.1. The van der Waals surface area contributed by atoms with Crippen LogP contribution in [0.25, 0.3) is 0 Å². The second-order valence-corrected chi connectivity index (χ2v) is 6.17. The summed E-state index contributed by atoms with van der Waals surface area (Å²) in [5.74, 6) is 0.0731. The topological polar surface area (TPSA) is 66.8 Å². The lowest BCUT2D eigenvalue weighted by Gasteiger charge is -2.30. The van der Waals surface area contributed by atoms with E-state index in [2.05, 4.69) is 0 Å². The number of aromatic carboxylic acids is 1. The predicted octanol–water partition coefficient (Wildman–Crippen LogP) is 2.91. The zero-order valence-electron chi connectivity index (χ0n) is 14.2. The molecule has 1 heterocycles. The smallest absolute Gasteiger partial charge is 0.335 e. The van der Waals surface area contributed by atoms with Crippen molar-refractivity contribution in [2.75, 3.05) is 13.7 Å². The number of amides is 1. The highest BCUT2D eigenvalue weighted by atomic mass is 16.5. The molecule has 0 spiro atoms. The molecule has 1 aliphatic heterocycles. The zero-order valence-corrected chi connectivity index (χ0v) is 14.2. The summed E-state index contributed by atoms with van der Waals surface area (Å²) in [6.07, 6.45) is 1.84. The minimum atomic E-state index is -0.940. The molecule has 0 atom stereocenters. The number of nitrogens with zero attached hydrogens (tertiary/aromatic N) is 1. The van der Waals surface area contributed by atoms with Gasteiger partial charge in [0.15, 0.2) is 0 Å². The van der Waals surface area contributed by atoms with Gasteiger partial charge in [-0.25, -0.2) is 4.79 Å². The maximum absolute atomic E-state index is 12.5. The second-order valence-electron chi connectivity index (χ2n) is 6.17. The number of carboxylic acids is 1. The Bertz CT molecular complexity index is 783. The second kappa shape index (κ2) is 7.38. The largest absolute Gasteiger partial charge is 0.496 e. The molecule has 0 aromatic heterocycles. The molecule has 2 aromatic rings. The number of methoxy groups -OCH3 is 1. The van der Waals surface area contributed by atoms with Gasteiger partial charge in [-0.1, -0.05) is 24.3 Å². The highest BCUT2D eigenvalue weighted by Gasteiger charge is 2.22. The fraction of sp³-hybridized carbons (Fsp3) is 0.300. The fourth-order valence-electron chi connectivity index (χ4n) is 3.20. The number of hydrogen-bond donors (Lipinski definition) is 1. The molecule has 1 amide bonds. The molecule has 0 saturated heterocycles. The Morgan fingerprint density at radius 3 is 2.60 bits per heavy atom. The van der Waals surface area contributed by atoms with E-state index in [1.807, 2.05) is 23.1 Å². The first kappa shape index (κ1) is 17.0. The number of hydrogen-bond acceptors (Lipinski definition) is 3. The standard InChI is InChI=1S/C20H21NO4/c1-25-18-4-2-3-16-13-21(12-11-17(16)18)19(22)10-7-14-5-8-15(9-6-14)20(23)24/h2-6,8-9H,7,10-13H2,1H3,(H,23,24). The quantitative estimate of drug-likeness (QED) is 0.909. The first-order valence-electron chi connectivity index (χ1n) is 8.33. The van der Waals surface area contributed by atoms with Crippen LogP contribution in [0.15, 0.2) is 42.5 Å². The molecule has 3 rings (SSSR count). The maximum atomic E-state index is 12.5. The van der Waals surface area contributed by atoms with Crippen molar-refractivity contribution >= 4 is 11.9 Å². The van der Waals surface area contributed by atoms with Crippen LogP contribution in [0.5, 0.6) is 5.75 Å². The molecule has 0 unspecified atom stereocenters. The SMILES string of the molecule is COc1cccc2c1CCN(C(=O)CCc1ccc(C(=O)O)cc1)C2. The molecule has 5 nitrogen and oxygen atoms in total. The lowest BCUT2D eigenvalue weighted by molar-refractivity contribution is -0.132. The minimum Gasteiger partial charge on any atom is -0.496 e. The molecule has 0 radical (unpaired) electrons. The Hall–Kier alpha value is -2.82. The van der Waals surface area contributed by atoms with Gasteiger partial charge in [0.1, 0.15) is 5.75 Å². The summed E-state index contributed by atoms with van der Waals surface area (Å²) in [6, 6.07) is 12.6. The number of rotatable bonds is 5. The summed E-state index contributed by atoms with van der Waals surface area (Å²) in [7, 11) is 1.67. The van der Waals surface area contributed by atoms with E-state index in [9.17, 15) is 9.59 Å². The average Bonchev–Trinajstić information content (AvgIpc) is 2.65. The van der Waals surface area contributed by atoms with Crippen molar-refractivity contribution < 1.29 is 19.4 Å². The van der Waals surface area contributed by atoms with Crippen molar-refractivity contribution in [1.29, 1.82) is 0 Å². The Kier molecular flexibility index (Phi) is 5.03. The van der Waals surface area contributed by atoms with Gasteiger partial charge in [-0.15, -0.1) is 0 Å². The molecule has 2 aromatic carbocycles. The van der Waals surface area contributed by atoms with Crippen LogP contribution in [-0.2, 0) is 24.2 Å². The van der Waals surface area contributed by atoms with Crippen LogP contribution in [0.1, 0.15) is 33.5 Å². The molecule has 0 bridgehead atoms. The molecule has 5 heteroatoms. The summed E-state index contributed by atoms with van der Waals surface area (Å²) in [5, 5.41) is 8.91. The van der Waals surface area contributed by atoms with E-state index in [1.165, 1.54) is 5.56 Å². The third kappa shape index (κ3) is 3.82. The summed E-state index contributed by atoms with van der Waals surface area (Å²) >= 11 is 0. The zero-order chi connectivity index (χ0) is 17.8. The van der Waals surface area contributed by atoms with Crippen molar-refractivity contribution in [3.05, 3.63) is 64.7 Å². The third-order valence-electron chi connectivity index (χ3n) is 4.62. The molecule has 25 heavy (non-hydrogen) atoms. The highest BCUT2D eigenvalue weighted by Crippen LogP contribution is 2.28. The number of carbonyl (C=O) groups is 2. The van der Waals surface area contributed by atoms with E-state index >= 15 is 0 Å². The third-order valence-corrected chi connectivity index (χ3v) is 4.62. The van der Waals surface area contributed by atoms with Crippen molar-refractivity contribution in [3.63, 3.8) is 0 Å². The monoisotopic (exact) mass is 339 g/mol. The Morgan fingerprint density at radius 1 is 1.16 bits per heavy atom. The molecule has 0 fully saturated rings. The number of ether oxygens (including phenoxy) is 1. The number of aryl methyl sites for hydroxylation is 1. The summed E-state index contributed by atoms with van der Waals surface area (Å²) in [5.41, 5.74) is 3.57. The van der Waals surface area contributed by atoms with Gasteiger partial charge in [0.2, 0.25) is 5.91 Å². The summed E-state index contributed by atoms with van der Waals surface area (Å²) in [4.78, 5) is 25.3. The molecule has 0 saturated carbocycles. The normalized spacial score (nSPS) is 13.2. The lowest BCUT2D eigenvalue weighted by Crippen LogP contribution is -2.36. The Labute approximate surface area is 146 Å². The van der Waals surface area contributed by atoms with Crippen molar-refractivity contribution in [3.8, 4) is 5.75 Å². The van der Waals surface area contributed by atoms with Crippen LogP contribution in [0, 0.1) is 0 Å². The molecule has 130 valence electrons. The van der Waals surface area contributed by atoms with E-state index in [0.29, 0.717) is 25.9 Å². The van der Waals surface area contributed by atoms with Crippen molar-refractivity contribution in [1.82, 2.24) is 4.90 Å². The van der Waals surface area contributed by atoms with Crippen LogP contribution < -0.4 is 4.74 Å². The van der Waals surface area contributed by atoms with E-state index in [-0.39, 0.29) is 11.5 Å². The van der Waals surface area contributed by atoms with E-state index in [4.69, 9.17) is 9.84 Å². The number of benzene rings is 2. The van der Waals surface area contributed by atoms with Crippen LogP contribution in [0.4, 0.5) is 0 Å². The van der Waals surface area contributed by atoms with Crippen LogP contribution in [0.2, 0.25) is 0 Å². The van der Waals surface area contributed by atoms with Gasteiger partial charge in [0, 0.05) is 25.1 Å². The minimum absolute atomic E-state index is 0.121. The molecule has 1 aliphatic rings. The van der Waals surface area contributed by atoms with Gasteiger partial charge in [0.25, 0.3) is 0 Å². The molecular weight excluding hydrogens is 318 g/mol. The van der Waals surface area contributed by atoms with Gasteiger partial charge in [-0.3, -0.25) is 4.79 Å². The summed E-state index contributed by atoms with van der Waals surface area (Å²) in [6.45, 7) is 1.31. The van der Waals surface area contributed by atoms with Crippen LogP contribution in [0.3, 0.4) is 0 Å². The first-order valence-corrected chi connectivity index (χ1v) is 8.33. The highest BCUT2D eigenvalue weighted by molar-refractivity contribution is 5.87. The number of carboxylic acid groups (broad SMARTS) is 1. The fourth-order valence-corrected chi connectivity index (χ4v) is 3.20. The average molecular weight is 339 g/mol. The lowest BCUT2D eigenvalue weighted by atomic mass is 9.98. The Morgan fingerprint density at radius 2 is 1.92 bits per heavy atom. The van der Waals surface area contributed by atoms with Crippen LogP contribution >= 0.6 is 0 Å². The maximum Gasteiger partial charge on any atom is 0.335 e. The van der Waals surface area contributed by atoms with E-state index in [1.54, 1.807) is 31.4 Å². The van der Waals surface area contributed by atoms with Gasteiger partial charge in [0.05, 0.1) is 12.7 Å². The number of carbonyl (C=O) groups excluding carboxylic acids is 1. The summed E-state index contributed by atoms with van der Waals surface area (Å²) < 4.78 is 5.39. The van der Waals surface area contributed by atoms with Gasteiger partial charge >= 0.3 is 5.97 Å². The number of fused-ring (bicyclic) bond motifs is 1. The van der Waals surface area contributed by atoms with Crippen LogP contribution in [-0.4, -0.2) is 35.5 Å².